The van der Waals surface area contributed by atoms with Gasteiger partial charge >= 0.3 is 0 Å². The Morgan fingerprint density at radius 2 is 1.53 bits per heavy atom. The molecule has 3 heteroatoms. The summed E-state index contributed by atoms with van der Waals surface area (Å²) in [5.41, 5.74) is 7.09. The number of phenols is 1. The highest BCUT2D eigenvalue weighted by molar-refractivity contribution is 5.66. The molecule has 0 radical (unpaired) electrons. The number of nitrogen functional groups attached to an aromatic ring is 1. The summed E-state index contributed by atoms with van der Waals surface area (Å²) < 4.78 is 13.2. The van der Waals surface area contributed by atoms with Crippen molar-refractivity contribution in [3.63, 3.8) is 0 Å². The van der Waals surface area contributed by atoms with Crippen LogP contribution >= 0.6 is 0 Å². The lowest BCUT2D eigenvalue weighted by Crippen LogP contribution is -1.90. The van der Waals surface area contributed by atoms with Crippen LogP contribution in [0.5, 0.6) is 5.75 Å². The van der Waals surface area contributed by atoms with Crippen LogP contribution in [0.25, 0.3) is 11.1 Å². The van der Waals surface area contributed by atoms with Crippen LogP contribution in [0, 0.1) is 5.82 Å². The average Bonchev–Trinajstić information content (AvgIpc) is 2.23. The van der Waals surface area contributed by atoms with Crippen molar-refractivity contribution < 1.29 is 9.50 Å². The molecule has 0 aliphatic heterocycles. The van der Waals surface area contributed by atoms with E-state index in [4.69, 9.17) is 10.8 Å². The van der Waals surface area contributed by atoms with Crippen molar-refractivity contribution in [2.75, 3.05) is 5.73 Å². The van der Waals surface area contributed by atoms with Crippen molar-refractivity contribution in [2.45, 2.75) is 0 Å². The molecule has 0 aliphatic carbocycles. The number of hydrogen-bond donors (Lipinski definition) is 2. The van der Waals surface area contributed by atoms with Crippen molar-refractivity contribution in [1.29, 1.82) is 0 Å². The van der Waals surface area contributed by atoms with Crippen LogP contribution < -0.4 is 5.73 Å². The van der Waals surface area contributed by atoms with Crippen molar-refractivity contribution in [3.8, 4) is 16.9 Å². The Bertz CT molecular complexity index is 479. The first kappa shape index (κ1) is 9.52. The first-order chi connectivity index (χ1) is 7.16. The van der Waals surface area contributed by atoms with E-state index >= 15 is 0 Å². The number of nitrogens with two attached hydrogens (primary N) is 1. The summed E-state index contributed by atoms with van der Waals surface area (Å²) in [6.07, 6.45) is 0. The van der Waals surface area contributed by atoms with E-state index in [0.717, 1.165) is 11.1 Å². The summed E-state index contributed by atoms with van der Waals surface area (Å²) in [5.74, 6) is -0.241. The molecular formula is C12H10FNO. The van der Waals surface area contributed by atoms with Gasteiger partial charge in [-0.3, -0.25) is 0 Å². The van der Waals surface area contributed by atoms with E-state index in [-0.39, 0.29) is 11.4 Å². The van der Waals surface area contributed by atoms with E-state index in [1.165, 1.54) is 12.1 Å². The lowest BCUT2D eigenvalue weighted by molar-refractivity contribution is 0.475. The Balaban J connectivity index is 2.45. The Kier molecular flexibility index (Phi) is 2.29. The molecule has 76 valence electrons. The Morgan fingerprint density at radius 3 is 2.13 bits per heavy atom. The number of anilines is 1. The zero-order valence-electron chi connectivity index (χ0n) is 7.94. The summed E-state index contributed by atoms with van der Waals surface area (Å²) in [4.78, 5) is 0. The molecule has 0 amide bonds. The highest BCUT2D eigenvalue weighted by Gasteiger charge is 2.02. The van der Waals surface area contributed by atoms with E-state index in [2.05, 4.69) is 0 Å². The molecule has 0 heterocycles. The fourth-order valence-corrected chi connectivity index (χ4v) is 1.36. The van der Waals surface area contributed by atoms with Crippen LogP contribution in [0.1, 0.15) is 0 Å². The summed E-state index contributed by atoms with van der Waals surface area (Å²) in [7, 11) is 0. The highest BCUT2D eigenvalue weighted by Crippen LogP contribution is 2.24. The smallest absolute Gasteiger partial charge is 0.146 e. The van der Waals surface area contributed by atoms with Gasteiger partial charge in [-0.25, -0.2) is 4.39 Å². The fraction of sp³-hybridized carbons (Fsp3) is 0. The number of hydrogen-bond acceptors (Lipinski definition) is 2. The third kappa shape index (κ3) is 1.91. The highest BCUT2D eigenvalue weighted by atomic mass is 19.1. The van der Waals surface area contributed by atoms with Gasteiger partial charge in [-0.1, -0.05) is 18.2 Å². The second kappa shape index (κ2) is 3.61. The van der Waals surface area contributed by atoms with Crippen LogP contribution in [-0.2, 0) is 0 Å². The van der Waals surface area contributed by atoms with Gasteiger partial charge in [0.05, 0.1) is 5.69 Å². The maximum atomic E-state index is 13.2. The number of phenolic OH excluding ortho intramolecular Hbond substituents is 1. The van der Waals surface area contributed by atoms with Crippen molar-refractivity contribution >= 4 is 5.69 Å². The molecule has 3 N–H and O–H groups in total. The Hall–Kier alpha value is -2.03. The van der Waals surface area contributed by atoms with Gasteiger partial charge in [0.2, 0.25) is 0 Å². The molecule has 0 atom stereocenters. The van der Waals surface area contributed by atoms with Crippen LogP contribution in [0.4, 0.5) is 10.1 Å². The molecule has 2 aromatic rings. The van der Waals surface area contributed by atoms with Crippen molar-refractivity contribution in [2.24, 2.45) is 0 Å². The number of halogens is 1. The van der Waals surface area contributed by atoms with Gasteiger partial charge in [-0.15, -0.1) is 0 Å². The maximum absolute atomic E-state index is 13.2. The van der Waals surface area contributed by atoms with E-state index in [1.807, 2.05) is 0 Å². The fourth-order valence-electron chi connectivity index (χ4n) is 1.36. The molecule has 0 saturated carbocycles. The molecule has 2 nitrogen and oxygen atoms in total. The molecule has 0 aromatic heterocycles. The zero-order valence-corrected chi connectivity index (χ0v) is 7.94. The molecule has 0 unspecified atom stereocenters. The van der Waals surface area contributed by atoms with E-state index in [1.54, 1.807) is 30.3 Å². The minimum atomic E-state index is -0.430. The average molecular weight is 203 g/mol. The molecule has 0 saturated heterocycles. The standard InChI is InChI=1S/C12H10FNO/c13-11-7-9(3-6-12(11)14)8-1-4-10(15)5-2-8/h1-7,15H,14H2. The first-order valence-electron chi connectivity index (χ1n) is 4.51. The SMILES string of the molecule is Nc1ccc(-c2ccc(O)cc2)cc1F. The lowest BCUT2D eigenvalue weighted by Gasteiger charge is -2.03. The van der Waals surface area contributed by atoms with Gasteiger partial charge in [0.1, 0.15) is 11.6 Å². The molecule has 0 fully saturated rings. The predicted octanol–water partition coefficient (Wildman–Crippen LogP) is 2.78. The molecule has 2 rings (SSSR count). The quantitative estimate of drug-likeness (QED) is 0.700. The van der Waals surface area contributed by atoms with Crippen LogP contribution in [0.2, 0.25) is 0 Å². The monoisotopic (exact) mass is 203 g/mol. The normalized spacial score (nSPS) is 10.2. The lowest BCUT2D eigenvalue weighted by atomic mass is 10.1. The summed E-state index contributed by atoms with van der Waals surface area (Å²) in [5, 5.41) is 9.11. The third-order valence-corrected chi connectivity index (χ3v) is 2.20. The molecular weight excluding hydrogens is 193 g/mol. The first-order valence-corrected chi connectivity index (χ1v) is 4.51. The van der Waals surface area contributed by atoms with Gasteiger partial charge in [0, 0.05) is 0 Å². The third-order valence-electron chi connectivity index (χ3n) is 2.20. The van der Waals surface area contributed by atoms with Gasteiger partial charge in [-0.2, -0.15) is 0 Å². The largest absolute Gasteiger partial charge is 0.508 e. The molecule has 0 bridgehead atoms. The van der Waals surface area contributed by atoms with Gasteiger partial charge < -0.3 is 10.8 Å². The maximum Gasteiger partial charge on any atom is 0.146 e. The van der Waals surface area contributed by atoms with E-state index in [0.29, 0.717) is 0 Å². The number of rotatable bonds is 1. The molecule has 0 spiro atoms. The second-order valence-corrected chi connectivity index (χ2v) is 3.28. The minimum Gasteiger partial charge on any atom is -0.508 e. The summed E-state index contributed by atoms with van der Waals surface area (Å²) in [6.45, 7) is 0. The molecule has 15 heavy (non-hydrogen) atoms. The van der Waals surface area contributed by atoms with Gasteiger partial charge in [-0.05, 0) is 35.4 Å². The predicted molar refractivity (Wildman–Crippen MR) is 57.9 cm³/mol. The summed E-state index contributed by atoms with van der Waals surface area (Å²) >= 11 is 0. The molecule has 2 aromatic carbocycles. The van der Waals surface area contributed by atoms with Gasteiger partial charge in [0.25, 0.3) is 0 Å². The molecule has 0 aliphatic rings. The van der Waals surface area contributed by atoms with Crippen molar-refractivity contribution in [1.82, 2.24) is 0 Å². The van der Waals surface area contributed by atoms with Crippen LogP contribution in [-0.4, -0.2) is 5.11 Å². The minimum absolute atomic E-state index is 0.137. The summed E-state index contributed by atoms with van der Waals surface area (Å²) in [6, 6.07) is 11.2. The van der Waals surface area contributed by atoms with Crippen LogP contribution in [0.3, 0.4) is 0 Å². The zero-order chi connectivity index (χ0) is 10.8. The number of benzene rings is 2. The van der Waals surface area contributed by atoms with E-state index in [9.17, 15) is 4.39 Å². The van der Waals surface area contributed by atoms with Gasteiger partial charge in [0.15, 0.2) is 0 Å². The Morgan fingerprint density at radius 1 is 0.933 bits per heavy atom. The topological polar surface area (TPSA) is 46.2 Å². The van der Waals surface area contributed by atoms with Crippen LogP contribution in [0.15, 0.2) is 42.5 Å². The number of aromatic hydroxyl groups is 1. The second-order valence-electron chi connectivity index (χ2n) is 3.28. The van der Waals surface area contributed by atoms with Crippen molar-refractivity contribution in [3.05, 3.63) is 48.3 Å². The Labute approximate surface area is 86.8 Å². The van der Waals surface area contributed by atoms with E-state index < -0.39 is 5.82 Å².